The Labute approximate surface area is 176 Å². The summed E-state index contributed by atoms with van der Waals surface area (Å²) in [4.78, 5) is 23.6. The summed E-state index contributed by atoms with van der Waals surface area (Å²) in [7, 11) is 1.72. The highest BCUT2D eigenvalue weighted by atomic mass is 16.6. The molecule has 0 saturated carbocycles. The number of ether oxygens (including phenoxy) is 2. The number of carbonyl (C=O) groups excluding carboxylic acids is 1. The number of hydrogen-bond acceptors (Lipinski definition) is 5. The number of H-pyrrole nitrogens is 1. The van der Waals surface area contributed by atoms with Gasteiger partial charge in [0.15, 0.2) is 0 Å². The summed E-state index contributed by atoms with van der Waals surface area (Å²) in [6.45, 7) is 2.76. The summed E-state index contributed by atoms with van der Waals surface area (Å²) in [6, 6.07) is 16.0. The van der Waals surface area contributed by atoms with E-state index in [2.05, 4.69) is 20.9 Å². The quantitative estimate of drug-likeness (QED) is 0.577. The Morgan fingerprint density at radius 2 is 2.07 bits per heavy atom. The zero-order valence-electron chi connectivity index (χ0n) is 17.1. The van der Waals surface area contributed by atoms with E-state index in [0.29, 0.717) is 13.2 Å². The number of hydrogen-bond donors (Lipinski definition) is 1. The van der Waals surface area contributed by atoms with Gasteiger partial charge >= 0.3 is 6.09 Å². The second-order valence-corrected chi connectivity index (χ2v) is 7.26. The van der Waals surface area contributed by atoms with Crippen molar-refractivity contribution in [1.29, 1.82) is 0 Å². The van der Waals surface area contributed by atoms with Gasteiger partial charge in [0.05, 0.1) is 31.8 Å². The number of carbonyl (C=O) groups is 1. The maximum absolute atomic E-state index is 12.4. The number of benzene rings is 2. The van der Waals surface area contributed by atoms with Gasteiger partial charge in [0.1, 0.15) is 6.61 Å². The molecule has 0 radical (unpaired) electrons. The highest BCUT2D eigenvalue weighted by Crippen LogP contribution is 2.33. The van der Waals surface area contributed by atoms with Crippen molar-refractivity contribution in [3.05, 3.63) is 77.9 Å². The molecule has 1 aromatic heterocycles. The second-order valence-electron chi connectivity index (χ2n) is 7.26. The van der Waals surface area contributed by atoms with Crippen LogP contribution in [-0.4, -0.2) is 42.9 Å². The van der Waals surface area contributed by atoms with Crippen LogP contribution in [0, 0.1) is 0 Å². The highest BCUT2D eigenvalue weighted by molar-refractivity contribution is 5.88. The third-order valence-corrected chi connectivity index (χ3v) is 5.19. The number of aromatic amines is 1. The molecule has 0 aliphatic carbocycles. The third-order valence-electron chi connectivity index (χ3n) is 5.19. The van der Waals surface area contributed by atoms with Crippen molar-refractivity contribution in [3.8, 4) is 0 Å². The van der Waals surface area contributed by atoms with Crippen LogP contribution in [0.3, 0.4) is 0 Å². The Morgan fingerprint density at radius 3 is 2.87 bits per heavy atom. The molecule has 1 amide bonds. The van der Waals surface area contributed by atoms with Crippen LogP contribution < -0.4 is 9.80 Å². The van der Waals surface area contributed by atoms with Crippen LogP contribution in [0.1, 0.15) is 16.8 Å². The normalized spacial score (nSPS) is 12.6. The fraction of sp³-hybridized carbons (Fsp3) is 0.304. The zero-order valence-corrected chi connectivity index (χ0v) is 17.1. The lowest BCUT2D eigenvalue weighted by Crippen LogP contribution is -2.28. The van der Waals surface area contributed by atoms with Crippen LogP contribution in [0.25, 0.3) is 0 Å². The second kappa shape index (κ2) is 9.45. The van der Waals surface area contributed by atoms with Crippen LogP contribution in [-0.2, 0) is 29.0 Å². The average Bonchev–Trinajstić information content (AvgIpc) is 3.44. The zero-order chi connectivity index (χ0) is 20.8. The fourth-order valence-electron chi connectivity index (χ4n) is 3.53. The minimum absolute atomic E-state index is 0.215. The van der Waals surface area contributed by atoms with E-state index in [1.54, 1.807) is 13.4 Å². The van der Waals surface area contributed by atoms with Gasteiger partial charge in [-0.1, -0.05) is 36.4 Å². The van der Waals surface area contributed by atoms with Crippen LogP contribution in [0.4, 0.5) is 16.2 Å². The first kappa shape index (κ1) is 20.0. The number of fused-ring (bicyclic) bond motifs is 1. The average molecular weight is 406 g/mol. The lowest BCUT2D eigenvalue weighted by molar-refractivity contribution is 0.0676. The van der Waals surface area contributed by atoms with E-state index in [4.69, 9.17) is 9.47 Å². The molecule has 0 spiro atoms. The topological polar surface area (TPSA) is 70.7 Å². The number of rotatable bonds is 8. The molecular weight excluding hydrogens is 380 g/mol. The summed E-state index contributed by atoms with van der Waals surface area (Å²) >= 11 is 0. The predicted molar refractivity (Wildman–Crippen MR) is 116 cm³/mol. The largest absolute Gasteiger partial charge is 0.447 e. The molecule has 0 bridgehead atoms. The minimum atomic E-state index is -0.393. The lowest BCUT2D eigenvalue weighted by Gasteiger charge is -2.22. The molecule has 156 valence electrons. The molecule has 1 aliphatic heterocycles. The van der Waals surface area contributed by atoms with E-state index in [0.717, 1.165) is 42.1 Å². The Bertz CT molecular complexity index is 960. The van der Waals surface area contributed by atoms with Crippen LogP contribution in [0.15, 0.2) is 61.1 Å². The van der Waals surface area contributed by atoms with Crippen LogP contribution >= 0.6 is 0 Å². The third kappa shape index (κ3) is 4.80. The Hall–Kier alpha value is -3.32. The SMILES string of the molecule is CN(C(=O)OCCOCc1ccccc1)c1ccc2c(c1)N(Cc1c[nH]cn1)CC2. The summed E-state index contributed by atoms with van der Waals surface area (Å²) in [5.74, 6) is 0. The molecule has 1 N–H and O–H groups in total. The van der Waals surface area contributed by atoms with Gasteiger partial charge in [0.25, 0.3) is 0 Å². The summed E-state index contributed by atoms with van der Waals surface area (Å²) in [6.07, 6.45) is 4.20. The molecule has 7 nitrogen and oxygen atoms in total. The Morgan fingerprint density at radius 1 is 1.20 bits per heavy atom. The van der Waals surface area contributed by atoms with Gasteiger partial charge in [-0.05, 0) is 29.7 Å². The molecule has 30 heavy (non-hydrogen) atoms. The molecule has 0 unspecified atom stereocenters. The van der Waals surface area contributed by atoms with E-state index in [9.17, 15) is 4.79 Å². The summed E-state index contributed by atoms with van der Waals surface area (Å²) < 4.78 is 10.9. The van der Waals surface area contributed by atoms with Gasteiger partial charge in [0, 0.05) is 31.2 Å². The van der Waals surface area contributed by atoms with Crippen molar-refractivity contribution in [2.24, 2.45) is 0 Å². The predicted octanol–water partition coefficient (Wildman–Crippen LogP) is 3.76. The van der Waals surface area contributed by atoms with Crippen molar-refractivity contribution >= 4 is 17.5 Å². The molecule has 7 heteroatoms. The van der Waals surface area contributed by atoms with E-state index in [1.807, 2.05) is 48.7 Å². The number of amides is 1. The molecule has 3 aromatic rings. The Balaban J connectivity index is 1.28. The first-order valence-electron chi connectivity index (χ1n) is 10.1. The maximum atomic E-state index is 12.4. The van der Waals surface area contributed by atoms with E-state index in [1.165, 1.54) is 10.5 Å². The molecular formula is C23H26N4O3. The molecule has 1 aliphatic rings. The van der Waals surface area contributed by atoms with Gasteiger partial charge in [-0.25, -0.2) is 9.78 Å². The van der Waals surface area contributed by atoms with E-state index >= 15 is 0 Å². The molecule has 0 saturated heterocycles. The number of anilines is 2. The molecule has 2 aromatic carbocycles. The first-order valence-corrected chi connectivity index (χ1v) is 10.1. The molecule has 0 fully saturated rings. The van der Waals surface area contributed by atoms with Crippen molar-refractivity contribution in [3.63, 3.8) is 0 Å². The summed E-state index contributed by atoms with van der Waals surface area (Å²) in [5.41, 5.74) is 5.32. The van der Waals surface area contributed by atoms with Crippen molar-refractivity contribution in [2.75, 3.05) is 36.6 Å². The smallest absolute Gasteiger partial charge is 0.414 e. The van der Waals surface area contributed by atoms with Gasteiger partial charge < -0.3 is 19.4 Å². The molecule has 0 atom stereocenters. The first-order chi connectivity index (χ1) is 14.7. The monoisotopic (exact) mass is 406 g/mol. The van der Waals surface area contributed by atoms with Crippen molar-refractivity contribution < 1.29 is 14.3 Å². The Kier molecular flexibility index (Phi) is 6.29. The lowest BCUT2D eigenvalue weighted by atomic mass is 10.1. The van der Waals surface area contributed by atoms with Crippen LogP contribution in [0.2, 0.25) is 0 Å². The minimum Gasteiger partial charge on any atom is -0.447 e. The molecule has 4 rings (SSSR count). The number of nitrogens with one attached hydrogen (secondary N) is 1. The van der Waals surface area contributed by atoms with Gasteiger partial charge in [0.2, 0.25) is 0 Å². The van der Waals surface area contributed by atoms with E-state index in [-0.39, 0.29) is 6.61 Å². The number of nitrogens with zero attached hydrogens (tertiary/aromatic N) is 3. The van der Waals surface area contributed by atoms with Crippen molar-refractivity contribution in [1.82, 2.24) is 9.97 Å². The van der Waals surface area contributed by atoms with Crippen molar-refractivity contribution in [2.45, 2.75) is 19.6 Å². The summed E-state index contributed by atoms with van der Waals surface area (Å²) in [5, 5.41) is 0. The fourth-order valence-corrected chi connectivity index (χ4v) is 3.53. The van der Waals surface area contributed by atoms with Crippen LogP contribution in [0.5, 0.6) is 0 Å². The highest BCUT2D eigenvalue weighted by Gasteiger charge is 2.22. The standard InChI is InChI=1S/C23H26N4O3/c1-26(23(28)30-12-11-29-16-18-5-3-2-4-6-18)21-8-7-19-9-10-27(22(19)13-21)15-20-14-24-17-25-20/h2-8,13-14,17H,9-12,15-16H2,1H3,(H,24,25). The number of aromatic nitrogens is 2. The number of imidazole rings is 1. The van der Waals surface area contributed by atoms with E-state index < -0.39 is 6.09 Å². The maximum Gasteiger partial charge on any atom is 0.414 e. The van der Waals surface area contributed by atoms with Gasteiger partial charge in [-0.15, -0.1) is 0 Å². The van der Waals surface area contributed by atoms with Gasteiger partial charge in [-0.3, -0.25) is 4.90 Å². The molecule has 2 heterocycles. The van der Waals surface area contributed by atoms with Gasteiger partial charge in [-0.2, -0.15) is 0 Å².